The van der Waals surface area contributed by atoms with Crippen molar-refractivity contribution in [3.05, 3.63) is 24.3 Å². The highest BCUT2D eigenvalue weighted by molar-refractivity contribution is 5.89. The van der Waals surface area contributed by atoms with Gasteiger partial charge in [-0.2, -0.15) is 0 Å². The molecule has 2 rings (SSSR count). The van der Waals surface area contributed by atoms with Crippen molar-refractivity contribution in [2.45, 2.75) is 46.1 Å². The SMILES string of the molecule is CC1CCN(c2ccc(NC(=O)NCCC(O)C(C)C)cc2)CC1. The highest BCUT2D eigenvalue weighted by atomic mass is 16.3. The van der Waals surface area contributed by atoms with E-state index in [1.165, 1.54) is 18.5 Å². The number of anilines is 2. The monoisotopic (exact) mass is 333 g/mol. The van der Waals surface area contributed by atoms with Crippen molar-refractivity contribution in [3.8, 4) is 0 Å². The van der Waals surface area contributed by atoms with E-state index in [2.05, 4.69) is 34.6 Å². The van der Waals surface area contributed by atoms with Gasteiger partial charge in [0.15, 0.2) is 0 Å². The van der Waals surface area contributed by atoms with Crippen LogP contribution in [0.3, 0.4) is 0 Å². The number of nitrogens with one attached hydrogen (secondary N) is 2. The van der Waals surface area contributed by atoms with Crippen LogP contribution in [0.25, 0.3) is 0 Å². The maximum Gasteiger partial charge on any atom is 0.319 e. The Balaban J connectivity index is 1.76. The molecule has 5 heteroatoms. The average molecular weight is 333 g/mol. The van der Waals surface area contributed by atoms with Crippen LogP contribution in [0.5, 0.6) is 0 Å². The van der Waals surface area contributed by atoms with Gasteiger partial charge in [-0.15, -0.1) is 0 Å². The molecule has 1 aliphatic rings. The number of piperidine rings is 1. The topological polar surface area (TPSA) is 64.6 Å². The van der Waals surface area contributed by atoms with Crippen LogP contribution in [0.15, 0.2) is 24.3 Å². The molecule has 5 nitrogen and oxygen atoms in total. The minimum absolute atomic E-state index is 0.209. The van der Waals surface area contributed by atoms with Crippen LogP contribution < -0.4 is 15.5 Å². The molecular weight excluding hydrogens is 302 g/mol. The number of rotatable bonds is 6. The molecule has 1 saturated heterocycles. The van der Waals surface area contributed by atoms with Gasteiger partial charge >= 0.3 is 6.03 Å². The first kappa shape index (κ1) is 18.6. The fraction of sp³-hybridized carbons (Fsp3) is 0.632. The number of aliphatic hydroxyl groups is 1. The molecule has 0 saturated carbocycles. The van der Waals surface area contributed by atoms with E-state index in [1.807, 2.05) is 26.0 Å². The first-order valence-electron chi connectivity index (χ1n) is 9.03. The molecule has 0 spiro atoms. The van der Waals surface area contributed by atoms with Crippen LogP contribution in [0.4, 0.5) is 16.2 Å². The molecule has 1 aliphatic heterocycles. The summed E-state index contributed by atoms with van der Waals surface area (Å²) < 4.78 is 0. The van der Waals surface area contributed by atoms with Crippen LogP contribution in [-0.2, 0) is 0 Å². The van der Waals surface area contributed by atoms with Gasteiger partial charge in [0.25, 0.3) is 0 Å². The number of hydrogen-bond donors (Lipinski definition) is 3. The second-order valence-corrected chi connectivity index (χ2v) is 7.20. The molecule has 0 aromatic heterocycles. The van der Waals surface area contributed by atoms with Gasteiger partial charge in [-0.25, -0.2) is 4.79 Å². The molecule has 2 amide bonds. The molecule has 134 valence electrons. The van der Waals surface area contributed by atoms with Crippen LogP contribution >= 0.6 is 0 Å². The minimum atomic E-state index is -0.378. The molecule has 1 unspecified atom stereocenters. The Morgan fingerprint density at radius 2 is 1.88 bits per heavy atom. The van der Waals surface area contributed by atoms with Gasteiger partial charge in [0.1, 0.15) is 0 Å². The third kappa shape index (κ3) is 5.71. The van der Waals surface area contributed by atoms with E-state index in [0.29, 0.717) is 13.0 Å². The van der Waals surface area contributed by atoms with Crippen molar-refractivity contribution in [1.29, 1.82) is 0 Å². The van der Waals surface area contributed by atoms with Crippen molar-refractivity contribution in [2.24, 2.45) is 11.8 Å². The quantitative estimate of drug-likeness (QED) is 0.747. The summed E-state index contributed by atoms with van der Waals surface area (Å²) in [7, 11) is 0. The van der Waals surface area contributed by atoms with Gasteiger partial charge in [-0.05, 0) is 55.4 Å². The smallest absolute Gasteiger partial charge is 0.319 e. The van der Waals surface area contributed by atoms with Gasteiger partial charge in [0.05, 0.1) is 6.10 Å². The number of carbonyl (C=O) groups excluding carboxylic acids is 1. The first-order chi connectivity index (χ1) is 11.5. The molecule has 1 atom stereocenters. The molecule has 1 aromatic rings. The van der Waals surface area contributed by atoms with Crippen molar-refractivity contribution in [3.63, 3.8) is 0 Å². The van der Waals surface area contributed by atoms with Gasteiger partial charge in [0, 0.05) is 31.0 Å². The molecule has 1 fully saturated rings. The van der Waals surface area contributed by atoms with Crippen LogP contribution in [0.1, 0.15) is 40.0 Å². The third-order valence-corrected chi connectivity index (χ3v) is 4.77. The predicted octanol–water partition coefficient (Wildman–Crippen LogP) is 3.45. The van der Waals surface area contributed by atoms with Crippen LogP contribution in [-0.4, -0.2) is 36.9 Å². The van der Waals surface area contributed by atoms with Crippen molar-refractivity contribution >= 4 is 17.4 Å². The summed E-state index contributed by atoms with van der Waals surface area (Å²) >= 11 is 0. The lowest BCUT2D eigenvalue weighted by atomic mass is 9.99. The molecule has 0 aliphatic carbocycles. The molecule has 0 radical (unpaired) electrons. The van der Waals surface area contributed by atoms with Gasteiger partial charge < -0.3 is 20.6 Å². The first-order valence-corrected chi connectivity index (χ1v) is 9.03. The second-order valence-electron chi connectivity index (χ2n) is 7.20. The minimum Gasteiger partial charge on any atom is -0.393 e. The summed E-state index contributed by atoms with van der Waals surface area (Å²) in [6.45, 7) is 8.92. The Bertz CT molecular complexity index is 508. The predicted molar refractivity (Wildman–Crippen MR) is 99.5 cm³/mol. The Hall–Kier alpha value is -1.75. The van der Waals surface area contributed by atoms with E-state index in [9.17, 15) is 9.90 Å². The number of amides is 2. The molecule has 24 heavy (non-hydrogen) atoms. The number of aliphatic hydroxyl groups excluding tert-OH is 1. The third-order valence-electron chi connectivity index (χ3n) is 4.77. The zero-order valence-electron chi connectivity index (χ0n) is 15.1. The van der Waals surface area contributed by atoms with Crippen molar-refractivity contribution < 1.29 is 9.90 Å². The molecular formula is C19H31N3O2. The average Bonchev–Trinajstić information content (AvgIpc) is 2.56. The highest BCUT2D eigenvalue weighted by Gasteiger charge is 2.16. The molecule has 1 heterocycles. The van der Waals surface area contributed by atoms with Gasteiger partial charge in [0.2, 0.25) is 0 Å². The van der Waals surface area contributed by atoms with Crippen LogP contribution in [0, 0.1) is 11.8 Å². The summed E-state index contributed by atoms with van der Waals surface area (Å²) in [6, 6.07) is 7.78. The lowest BCUT2D eigenvalue weighted by Crippen LogP contribution is -2.33. The van der Waals surface area contributed by atoms with E-state index in [1.54, 1.807) is 0 Å². The summed E-state index contributed by atoms with van der Waals surface area (Å²) in [5.41, 5.74) is 2.00. The normalized spacial score (nSPS) is 17.0. The number of urea groups is 1. The summed E-state index contributed by atoms with van der Waals surface area (Å²) in [6.07, 6.45) is 2.67. The zero-order chi connectivity index (χ0) is 17.5. The lowest BCUT2D eigenvalue weighted by Gasteiger charge is -2.32. The van der Waals surface area contributed by atoms with Gasteiger partial charge in [-0.3, -0.25) is 0 Å². The highest BCUT2D eigenvalue weighted by Crippen LogP contribution is 2.24. The molecule has 3 N–H and O–H groups in total. The maximum absolute atomic E-state index is 11.9. The van der Waals surface area contributed by atoms with E-state index in [0.717, 1.165) is 24.7 Å². The maximum atomic E-state index is 11.9. The number of carbonyl (C=O) groups is 1. The Kier molecular flexibility index (Phi) is 6.91. The van der Waals surface area contributed by atoms with E-state index < -0.39 is 0 Å². The standard InChI is InChI=1S/C19H31N3O2/c1-14(2)18(23)8-11-20-19(24)21-16-4-6-17(7-5-16)22-12-9-15(3)10-13-22/h4-7,14-15,18,23H,8-13H2,1-3H3,(H2,20,21,24). The summed E-state index contributed by atoms with van der Waals surface area (Å²) in [5.74, 6) is 1.03. The zero-order valence-corrected chi connectivity index (χ0v) is 15.1. The van der Waals surface area contributed by atoms with Gasteiger partial charge in [-0.1, -0.05) is 20.8 Å². The Labute approximate surface area is 145 Å². The Morgan fingerprint density at radius 1 is 1.25 bits per heavy atom. The fourth-order valence-corrected chi connectivity index (χ4v) is 2.86. The van der Waals surface area contributed by atoms with Crippen molar-refractivity contribution in [2.75, 3.05) is 29.9 Å². The molecule has 1 aromatic carbocycles. The number of benzene rings is 1. The number of nitrogens with zero attached hydrogens (tertiary/aromatic N) is 1. The van der Waals surface area contributed by atoms with Crippen LogP contribution in [0.2, 0.25) is 0 Å². The second kappa shape index (κ2) is 8.92. The number of hydrogen-bond acceptors (Lipinski definition) is 3. The molecule has 0 bridgehead atoms. The largest absolute Gasteiger partial charge is 0.393 e. The lowest BCUT2D eigenvalue weighted by molar-refractivity contribution is 0.117. The van der Waals surface area contributed by atoms with E-state index >= 15 is 0 Å². The Morgan fingerprint density at radius 3 is 2.46 bits per heavy atom. The summed E-state index contributed by atoms with van der Waals surface area (Å²) in [5, 5.41) is 15.3. The van der Waals surface area contributed by atoms with Crippen molar-refractivity contribution in [1.82, 2.24) is 5.32 Å². The fourth-order valence-electron chi connectivity index (χ4n) is 2.86. The summed E-state index contributed by atoms with van der Waals surface area (Å²) in [4.78, 5) is 14.3. The van der Waals surface area contributed by atoms with E-state index in [4.69, 9.17) is 0 Å². The van der Waals surface area contributed by atoms with E-state index in [-0.39, 0.29) is 18.1 Å².